The first kappa shape index (κ1) is 20.8. The van der Waals surface area contributed by atoms with Gasteiger partial charge in [-0.3, -0.25) is 0 Å². The van der Waals surface area contributed by atoms with E-state index in [-0.39, 0.29) is 5.76 Å². The Morgan fingerprint density at radius 3 is 1.94 bits per heavy atom. The maximum atomic E-state index is 9.04. The van der Waals surface area contributed by atoms with Crippen molar-refractivity contribution in [3.8, 4) is 0 Å². The summed E-state index contributed by atoms with van der Waals surface area (Å²) in [6.07, 6.45) is 1.31. The Morgan fingerprint density at radius 1 is 0.943 bits per heavy atom. The number of benzene rings is 3. The molecule has 3 nitrogen and oxygen atoms in total. The summed E-state index contributed by atoms with van der Waals surface area (Å²) >= 11 is -3.85. The van der Waals surface area contributed by atoms with Gasteiger partial charge in [-0.05, 0) is 0 Å². The zero-order chi connectivity index (χ0) is 28.1. The number of hydrogen-bond acceptors (Lipinski definition) is 3. The van der Waals surface area contributed by atoms with Gasteiger partial charge in [0.05, 0.1) is 0 Å². The molecule has 1 saturated heterocycles. The molecule has 0 amide bonds. The van der Waals surface area contributed by atoms with Crippen LogP contribution in [0.4, 0.5) is 0 Å². The first-order valence-corrected chi connectivity index (χ1v) is 18.0. The molecule has 1 aliphatic heterocycles. The molecule has 0 unspecified atom stereocenters. The van der Waals surface area contributed by atoms with Gasteiger partial charge in [-0.25, -0.2) is 0 Å². The van der Waals surface area contributed by atoms with Crippen molar-refractivity contribution in [3.05, 3.63) is 112 Å². The molecule has 0 N–H and O–H groups in total. The average Bonchev–Trinajstić information content (AvgIpc) is 2.92. The Kier molecular flexibility index (Phi) is 7.47. The van der Waals surface area contributed by atoms with Crippen molar-refractivity contribution in [2.24, 2.45) is 5.92 Å². The molecular formula is C31H36O3Sn. The molecule has 0 radical (unpaired) electrons. The monoisotopic (exact) mass is 580 g/mol. The molecule has 0 aromatic heterocycles. The van der Waals surface area contributed by atoms with Crippen LogP contribution in [0, 0.1) is 5.92 Å². The van der Waals surface area contributed by atoms with Gasteiger partial charge in [-0.1, -0.05) is 0 Å². The minimum absolute atomic E-state index is 0.118. The average molecular weight is 579 g/mol. The number of hydrogen-bond donors (Lipinski definition) is 0. The van der Waals surface area contributed by atoms with Crippen LogP contribution in [0.5, 0.6) is 0 Å². The summed E-state index contributed by atoms with van der Waals surface area (Å²) in [4.78, 5) is 0. The van der Waals surface area contributed by atoms with Crippen LogP contribution in [-0.2, 0) is 14.2 Å². The van der Waals surface area contributed by atoms with Gasteiger partial charge in [0.15, 0.2) is 0 Å². The summed E-state index contributed by atoms with van der Waals surface area (Å²) in [5.41, 5.74) is 0.980. The summed E-state index contributed by atoms with van der Waals surface area (Å²) in [7, 11) is 1.26. The summed E-state index contributed by atoms with van der Waals surface area (Å²) in [6, 6.07) is 31.8. The Bertz CT molecular complexity index is 1180. The van der Waals surface area contributed by atoms with Crippen LogP contribution >= 0.6 is 0 Å². The van der Waals surface area contributed by atoms with Gasteiger partial charge in [-0.2, -0.15) is 0 Å². The van der Waals surface area contributed by atoms with Crippen molar-refractivity contribution in [1.82, 2.24) is 0 Å². The molecule has 4 heteroatoms. The minimum atomic E-state index is -3.85. The molecule has 0 spiro atoms. The van der Waals surface area contributed by atoms with Crippen LogP contribution < -0.4 is 10.7 Å². The molecule has 1 aliphatic rings. The SMILES string of the molecule is [2H]C([2H])(/C=C(\C)OC([2H])([2H])[C@H]1/C(=[CH]/[Sn]([c]2ccccc2)([c]2ccccc2)[c]2ccccc2)CCO[C@H]1C)OC. The van der Waals surface area contributed by atoms with E-state index in [4.69, 9.17) is 19.7 Å². The van der Waals surface area contributed by atoms with Crippen molar-refractivity contribution in [2.45, 2.75) is 26.4 Å². The van der Waals surface area contributed by atoms with Crippen LogP contribution in [0.25, 0.3) is 0 Å². The summed E-state index contributed by atoms with van der Waals surface area (Å²) in [6.45, 7) is -0.267. The van der Waals surface area contributed by atoms with Gasteiger partial charge < -0.3 is 0 Å². The fraction of sp³-hybridized carbons (Fsp3) is 0.290. The normalized spacial score (nSPS) is 22.6. The van der Waals surface area contributed by atoms with Crippen LogP contribution in [0.15, 0.2) is 112 Å². The van der Waals surface area contributed by atoms with Gasteiger partial charge in [0.25, 0.3) is 0 Å². The Labute approximate surface area is 219 Å². The van der Waals surface area contributed by atoms with Crippen molar-refractivity contribution < 1.29 is 19.7 Å². The predicted molar refractivity (Wildman–Crippen MR) is 147 cm³/mol. The van der Waals surface area contributed by atoms with Crippen molar-refractivity contribution in [3.63, 3.8) is 0 Å². The number of rotatable bonds is 9. The van der Waals surface area contributed by atoms with E-state index < -0.39 is 43.5 Å². The number of allylic oxidation sites excluding steroid dienone is 1. The third-order valence-electron chi connectivity index (χ3n) is 6.46. The van der Waals surface area contributed by atoms with Crippen LogP contribution in [0.1, 0.15) is 25.8 Å². The van der Waals surface area contributed by atoms with E-state index in [0.29, 0.717) is 13.0 Å². The zero-order valence-corrected chi connectivity index (χ0v) is 23.5. The summed E-state index contributed by atoms with van der Waals surface area (Å²) in [5.74, 6) is -0.567. The van der Waals surface area contributed by atoms with Crippen LogP contribution in [-0.4, -0.2) is 51.3 Å². The quantitative estimate of drug-likeness (QED) is 0.274. The van der Waals surface area contributed by atoms with E-state index in [1.54, 1.807) is 6.92 Å². The summed E-state index contributed by atoms with van der Waals surface area (Å²) < 4.78 is 56.7. The Balaban J connectivity index is 1.92. The van der Waals surface area contributed by atoms with E-state index in [0.717, 1.165) is 11.6 Å². The molecule has 4 rings (SSSR count). The predicted octanol–water partition coefficient (Wildman–Crippen LogP) is 4.61. The van der Waals surface area contributed by atoms with E-state index in [9.17, 15) is 0 Å². The van der Waals surface area contributed by atoms with E-state index in [2.05, 4.69) is 76.9 Å². The molecule has 3 aromatic rings. The van der Waals surface area contributed by atoms with Crippen molar-refractivity contribution in [2.75, 3.05) is 26.8 Å². The standard InChI is InChI=1S/C13H21O3.3C6H5.Sn/c1-10-5-8-15-12(3)13(10)9-16-11(2)6-7-14-4;3*1-2-4-6-5-3-1;/h1,6,12-13H,5,7-9H2,2-4H3;3*1-5H;/b10-1?,11-6+;;;;/t12-,13-;;;;/m0..../s1/i7D2,9D2;;;;. The fourth-order valence-electron chi connectivity index (χ4n) is 4.71. The molecule has 1 fully saturated rings. The van der Waals surface area contributed by atoms with E-state index >= 15 is 0 Å². The van der Waals surface area contributed by atoms with Crippen molar-refractivity contribution in [1.29, 1.82) is 0 Å². The molecule has 35 heavy (non-hydrogen) atoms. The van der Waals surface area contributed by atoms with Crippen molar-refractivity contribution >= 4 is 29.1 Å². The molecule has 182 valence electrons. The third kappa shape index (κ3) is 6.08. The zero-order valence-electron chi connectivity index (χ0n) is 24.6. The van der Waals surface area contributed by atoms with Gasteiger partial charge in [0.2, 0.25) is 0 Å². The molecule has 0 aliphatic carbocycles. The third-order valence-corrected chi connectivity index (χ3v) is 19.4. The second kappa shape index (κ2) is 12.6. The fourth-order valence-corrected chi connectivity index (χ4v) is 17.7. The van der Waals surface area contributed by atoms with Gasteiger partial charge >= 0.3 is 220 Å². The van der Waals surface area contributed by atoms with Crippen LogP contribution in [0.2, 0.25) is 0 Å². The first-order valence-electron chi connectivity index (χ1n) is 14.0. The van der Waals surface area contributed by atoms with Crippen LogP contribution in [0.3, 0.4) is 0 Å². The molecule has 1 heterocycles. The van der Waals surface area contributed by atoms with Gasteiger partial charge in [0.1, 0.15) is 0 Å². The molecular weight excluding hydrogens is 539 g/mol. The second-order valence-electron chi connectivity index (χ2n) is 8.73. The molecule has 0 bridgehead atoms. The topological polar surface area (TPSA) is 27.7 Å². The first-order chi connectivity index (χ1) is 18.6. The molecule has 3 aromatic carbocycles. The second-order valence-corrected chi connectivity index (χ2v) is 19.1. The Morgan fingerprint density at radius 2 is 1.46 bits per heavy atom. The Hall–Kier alpha value is -2.34. The molecule has 2 atom stereocenters. The number of methoxy groups -OCH3 is 1. The van der Waals surface area contributed by atoms with Gasteiger partial charge in [-0.15, -0.1) is 0 Å². The van der Waals surface area contributed by atoms with E-state index in [1.807, 2.05) is 25.1 Å². The maximum absolute atomic E-state index is 9.04. The van der Waals surface area contributed by atoms with E-state index in [1.165, 1.54) is 17.8 Å². The molecule has 0 saturated carbocycles. The van der Waals surface area contributed by atoms with Gasteiger partial charge in [0, 0.05) is 0 Å². The number of ether oxygens (including phenoxy) is 3. The summed E-state index contributed by atoms with van der Waals surface area (Å²) in [5, 5.41) is 0.